The second kappa shape index (κ2) is 4.62. The van der Waals surface area contributed by atoms with Crippen LogP contribution in [0.4, 0.5) is 0 Å². The molecule has 0 saturated carbocycles. The zero-order valence-electron chi connectivity index (χ0n) is 8.53. The average molecular weight is 195 g/mol. The summed E-state index contributed by atoms with van der Waals surface area (Å²) in [5, 5.41) is 3.50. The topological polar surface area (TPSA) is 34.4 Å². The van der Waals surface area contributed by atoms with Crippen molar-refractivity contribution in [3.63, 3.8) is 0 Å². The van der Waals surface area contributed by atoms with E-state index in [2.05, 4.69) is 12.2 Å². The highest BCUT2D eigenvalue weighted by atomic mass is 16.5. The zero-order valence-corrected chi connectivity index (χ0v) is 8.53. The number of hydrogen-bond donors (Lipinski definition) is 1. The highest BCUT2D eigenvalue weighted by Crippen LogP contribution is 2.20. The molecule has 1 N–H and O–H groups in total. The summed E-state index contributed by atoms with van der Waals surface area (Å²) >= 11 is 0. The summed E-state index contributed by atoms with van der Waals surface area (Å²) in [6, 6.07) is 2.57. The second-order valence-electron chi connectivity index (χ2n) is 3.72. The lowest BCUT2D eigenvalue weighted by Gasteiger charge is -2.14. The Kier molecular flexibility index (Phi) is 3.22. The van der Waals surface area contributed by atoms with E-state index in [-0.39, 0.29) is 6.10 Å². The first-order valence-electron chi connectivity index (χ1n) is 5.27. The summed E-state index contributed by atoms with van der Waals surface area (Å²) in [5.74, 6) is 0. The standard InChI is InChI=1S/C11H17NO2/c1-2-10-4-6-14-11(7-12-10)9-3-5-13-8-9/h3,5,8,10-12H,2,4,6-7H2,1H3. The normalized spacial score (nSPS) is 28.6. The largest absolute Gasteiger partial charge is 0.472 e. The molecule has 1 aliphatic rings. The maximum Gasteiger partial charge on any atom is 0.0980 e. The van der Waals surface area contributed by atoms with Gasteiger partial charge in [0.2, 0.25) is 0 Å². The molecule has 0 aliphatic carbocycles. The first-order chi connectivity index (χ1) is 6.90. The van der Waals surface area contributed by atoms with Crippen molar-refractivity contribution in [1.82, 2.24) is 5.32 Å². The van der Waals surface area contributed by atoms with Gasteiger partial charge >= 0.3 is 0 Å². The van der Waals surface area contributed by atoms with E-state index in [4.69, 9.17) is 9.15 Å². The highest BCUT2D eigenvalue weighted by molar-refractivity contribution is 5.10. The maximum absolute atomic E-state index is 5.76. The predicted molar refractivity (Wildman–Crippen MR) is 54.1 cm³/mol. The van der Waals surface area contributed by atoms with Gasteiger partial charge < -0.3 is 14.5 Å². The van der Waals surface area contributed by atoms with E-state index in [1.165, 1.54) is 6.42 Å². The van der Waals surface area contributed by atoms with Gasteiger partial charge in [-0.1, -0.05) is 6.92 Å². The van der Waals surface area contributed by atoms with Crippen molar-refractivity contribution in [3.05, 3.63) is 24.2 Å². The maximum atomic E-state index is 5.76. The summed E-state index contributed by atoms with van der Waals surface area (Å²) in [6.45, 7) is 3.93. The number of ether oxygens (including phenoxy) is 1. The van der Waals surface area contributed by atoms with Crippen LogP contribution in [0.2, 0.25) is 0 Å². The molecule has 2 rings (SSSR count). The van der Waals surface area contributed by atoms with Crippen LogP contribution in [0.15, 0.2) is 23.0 Å². The van der Waals surface area contributed by atoms with Gasteiger partial charge in [0, 0.05) is 24.8 Å². The van der Waals surface area contributed by atoms with Crippen LogP contribution in [-0.4, -0.2) is 19.2 Å². The Morgan fingerprint density at radius 2 is 2.50 bits per heavy atom. The van der Waals surface area contributed by atoms with E-state index in [1.54, 1.807) is 12.5 Å². The molecule has 2 atom stereocenters. The minimum atomic E-state index is 0.158. The van der Waals surface area contributed by atoms with E-state index in [1.807, 2.05) is 6.07 Å². The van der Waals surface area contributed by atoms with Gasteiger partial charge in [0.15, 0.2) is 0 Å². The molecule has 78 valence electrons. The SMILES string of the molecule is CCC1CCOC(c2ccoc2)CN1. The van der Waals surface area contributed by atoms with Crippen molar-refractivity contribution in [2.24, 2.45) is 0 Å². The Morgan fingerprint density at radius 3 is 3.21 bits per heavy atom. The predicted octanol–water partition coefficient (Wildman–Crippen LogP) is 2.11. The molecule has 2 unspecified atom stereocenters. The molecule has 1 aromatic heterocycles. The van der Waals surface area contributed by atoms with Crippen LogP contribution in [-0.2, 0) is 4.74 Å². The number of furan rings is 1. The smallest absolute Gasteiger partial charge is 0.0980 e. The van der Waals surface area contributed by atoms with Crippen LogP contribution in [0.5, 0.6) is 0 Å². The number of rotatable bonds is 2. The van der Waals surface area contributed by atoms with Crippen molar-refractivity contribution in [3.8, 4) is 0 Å². The van der Waals surface area contributed by atoms with Crippen LogP contribution in [0.25, 0.3) is 0 Å². The van der Waals surface area contributed by atoms with Gasteiger partial charge in [0.05, 0.1) is 18.6 Å². The van der Waals surface area contributed by atoms with Gasteiger partial charge in [0.25, 0.3) is 0 Å². The molecule has 1 aliphatic heterocycles. The van der Waals surface area contributed by atoms with Crippen LogP contribution in [0.3, 0.4) is 0 Å². The molecular formula is C11H17NO2. The molecule has 1 fully saturated rings. The molecule has 1 aromatic rings. The van der Waals surface area contributed by atoms with Gasteiger partial charge in [-0.05, 0) is 18.9 Å². The van der Waals surface area contributed by atoms with Gasteiger partial charge in [-0.15, -0.1) is 0 Å². The van der Waals surface area contributed by atoms with Crippen LogP contribution >= 0.6 is 0 Å². The molecular weight excluding hydrogens is 178 g/mol. The molecule has 0 aromatic carbocycles. The molecule has 0 spiro atoms. The quantitative estimate of drug-likeness (QED) is 0.784. The van der Waals surface area contributed by atoms with Crippen LogP contribution in [0.1, 0.15) is 31.4 Å². The molecule has 0 radical (unpaired) electrons. The Bertz CT molecular complexity index is 258. The Morgan fingerprint density at radius 1 is 1.57 bits per heavy atom. The van der Waals surface area contributed by atoms with Gasteiger partial charge in [-0.25, -0.2) is 0 Å². The molecule has 14 heavy (non-hydrogen) atoms. The second-order valence-corrected chi connectivity index (χ2v) is 3.72. The Balaban J connectivity index is 1.96. The minimum Gasteiger partial charge on any atom is -0.472 e. The lowest BCUT2D eigenvalue weighted by Crippen LogP contribution is -2.29. The summed E-state index contributed by atoms with van der Waals surface area (Å²) in [4.78, 5) is 0. The summed E-state index contributed by atoms with van der Waals surface area (Å²) in [5.41, 5.74) is 1.13. The van der Waals surface area contributed by atoms with E-state index in [0.717, 1.165) is 25.1 Å². The molecule has 3 nitrogen and oxygen atoms in total. The van der Waals surface area contributed by atoms with Gasteiger partial charge in [-0.2, -0.15) is 0 Å². The lowest BCUT2D eigenvalue weighted by atomic mass is 10.1. The molecule has 3 heteroatoms. The third kappa shape index (κ3) is 2.16. The molecule has 1 saturated heterocycles. The fourth-order valence-electron chi connectivity index (χ4n) is 1.81. The van der Waals surface area contributed by atoms with Crippen molar-refractivity contribution >= 4 is 0 Å². The van der Waals surface area contributed by atoms with E-state index in [0.29, 0.717) is 6.04 Å². The van der Waals surface area contributed by atoms with E-state index < -0.39 is 0 Å². The van der Waals surface area contributed by atoms with Crippen molar-refractivity contribution in [2.45, 2.75) is 31.9 Å². The fourth-order valence-corrected chi connectivity index (χ4v) is 1.81. The number of hydrogen-bond acceptors (Lipinski definition) is 3. The van der Waals surface area contributed by atoms with Gasteiger partial charge in [-0.3, -0.25) is 0 Å². The van der Waals surface area contributed by atoms with Gasteiger partial charge in [0.1, 0.15) is 0 Å². The Hall–Kier alpha value is -0.800. The van der Waals surface area contributed by atoms with E-state index in [9.17, 15) is 0 Å². The minimum absolute atomic E-state index is 0.158. The summed E-state index contributed by atoms with van der Waals surface area (Å²) in [7, 11) is 0. The summed E-state index contributed by atoms with van der Waals surface area (Å²) in [6.07, 6.45) is 5.89. The van der Waals surface area contributed by atoms with Crippen LogP contribution in [0, 0.1) is 0 Å². The zero-order chi connectivity index (χ0) is 9.80. The summed E-state index contributed by atoms with van der Waals surface area (Å²) < 4.78 is 10.8. The monoisotopic (exact) mass is 195 g/mol. The lowest BCUT2D eigenvalue weighted by molar-refractivity contribution is 0.0659. The third-order valence-corrected chi connectivity index (χ3v) is 2.79. The number of nitrogens with one attached hydrogen (secondary N) is 1. The Labute approximate surface area is 84.4 Å². The molecule has 0 amide bonds. The first-order valence-corrected chi connectivity index (χ1v) is 5.27. The molecule has 0 bridgehead atoms. The van der Waals surface area contributed by atoms with Crippen molar-refractivity contribution in [1.29, 1.82) is 0 Å². The van der Waals surface area contributed by atoms with Crippen LogP contribution < -0.4 is 5.32 Å². The fraction of sp³-hybridized carbons (Fsp3) is 0.636. The highest BCUT2D eigenvalue weighted by Gasteiger charge is 2.19. The molecule has 2 heterocycles. The third-order valence-electron chi connectivity index (χ3n) is 2.79. The van der Waals surface area contributed by atoms with E-state index >= 15 is 0 Å². The van der Waals surface area contributed by atoms with Crippen molar-refractivity contribution in [2.75, 3.05) is 13.2 Å². The first kappa shape index (κ1) is 9.74. The average Bonchev–Trinajstić information content (AvgIpc) is 2.63. The van der Waals surface area contributed by atoms with Crippen molar-refractivity contribution < 1.29 is 9.15 Å².